The number of aromatic nitrogens is 2. The van der Waals surface area contributed by atoms with Gasteiger partial charge >= 0.3 is 6.09 Å². The topological polar surface area (TPSA) is 75.0 Å². The van der Waals surface area contributed by atoms with E-state index in [0.29, 0.717) is 5.92 Å². The van der Waals surface area contributed by atoms with Gasteiger partial charge in [0.05, 0.1) is 6.33 Å². The summed E-state index contributed by atoms with van der Waals surface area (Å²) < 4.78 is 7.80. The molecule has 1 aromatic heterocycles. The number of rotatable bonds is 8. The van der Waals surface area contributed by atoms with Crippen molar-refractivity contribution in [3.8, 4) is 0 Å². The summed E-state index contributed by atoms with van der Waals surface area (Å²) in [5, 5.41) is 3.44. The number of hydrogen-bond acceptors (Lipinski definition) is 4. The molecule has 8 heteroatoms. The number of aliphatic imine (C=N–C) groups is 1. The Morgan fingerprint density at radius 1 is 1.26 bits per heavy atom. The van der Waals surface area contributed by atoms with Crippen LogP contribution in [0.2, 0.25) is 0 Å². The normalized spacial score (nSPS) is 18.2. The quantitative estimate of drug-likeness (QED) is 0.387. The molecule has 0 atom stereocenters. The number of aryl methyl sites for hydroxylation is 1. The number of piperidine rings is 1. The third kappa shape index (κ3) is 7.74. The minimum absolute atomic E-state index is 0.155. The molecule has 1 amide bonds. The number of carbonyl (C=O) groups is 1. The Balaban J connectivity index is 1.52. The minimum Gasteiger partial charge on any atom is -0.444 e. The van der Waals surface area contributed by atoms with Crippen molar-refractivity contribution in [2.45, 2.75) is 78.0 Å². The number of nitrogens with zero attached hydrogens (tertiary/aromatic N) is 5. The van der Waals surface area contributed by atoms with Crippen LogP contribution < -0.4 is 5.32 Å². The van der Waals surface area contributed by atoms with Crippen molar-refractivity contribution < 1.29 is 9.53 Å². The molecule has 1 saturated carbocycles. The van der Waals surface area contributed by atoms with Crippen molar-refractivity contribution in [3.63, 3.8) is 0 Å². The highest BCUT2D eigenvalue weighted by molar-refractivity contribution is 5.80. The van der Waals surface area contributed by atoms with Gasteiger partial charge in [0.2, 0.25) is 0 Å². The molecule has 1 aromatic rings. The van der Waals surface area contributed by atoms with Gasteiger partial charge in [0.15, 0.2) is 5.96 Å². The first-order valence-electron chi connectivity index (χ1n) is 11.8. The zero-order valence-electron chi connectivity index (χ0n) is 19.7. The Morgan fingerprint density at radius 3 is 2.58 bits per heavy atom. The van der Waals surface area contributed by atoms with Crippen LogP contribution in [-0.2, 0) is 11.3 Å². The zero-order chi connectivity index (χ0) is 22.3. The van der Waals surface area contributed by atoms with Crippen LogP contribution in [0, 0.1) is 5.92 Å². The molecule has 31 heavy (non-hydrogen) atoms. The minimum atomic E-state index is -0.457. The molecular weight excluding hydrogens is 392 g/mol. The molecule has 2 heterocycles. The maximum atomic E-state index is 12.9. The number of carbonyl (C=O) groups excluding carboxylic acids is 1. The molecule has 8 nitrogen and oxygen atoms in total. The predicted octanol–water partition coefficient (Wildman–Crippen LogP) is 3.35. The van der Waals surface area contributed by atoms with Crippen LogP contribution in [0.1, 0.15) is 59.8 Å². The first-order chi connectivity index (χ1) is 14.9. The Bertz CT molecular complexity index is 700. The van der Waals surface area contributed by atoms with Crippen LogP contribution in [-0.4, -0.2) is 75.8 Å². The fraction of sp³-hybridized carbons (Fsp3) is 0.783. The molecule has 1 aliphatic carbocycles. The van der Waals surface area contributed by atoms with E-state index in [1.54, 1.807) is 6.20 Å². The summed E-state index contributed by atoms with van der Waals surface area (Å²) in [6.07, 6.45) is 10.8. The number of imidazole rings is 1. The second kappa shape index (κ2) is 10.9. The summed E-state index contributed by atoms with van der Waals surface area (Å²) in [6.45, 7) is 13.1. The molecule has 174 valence electrons. The maximum Gasteiger partial charge on any atom is 0.410 e. The highest BCUT2D eigenvalue weighted by atomic mass is 16.6. The van der Waals surface area contributed by atoms with Gasteiger partial charge in [-0.25, -0.2) is 9.78 Å². The van der Waals surface area contributed by atoms with E-state index in [-0.39, 0.29) is 12.1 Å². The lowest BCUT2D eigenvalue weighted by Gasteiger charge is -2.40. The number of hydrogen-bond donors (Lipinski definition) is 1. The van der Waals surface area contributed by atoms with Crippen molar-refractivity contribution in [2.24, 2.45) is 10.9 Å². The summed E-state index contributed by atoms with van der Waals surface area (Å²) in [7, 11) is 0. The largest absolute Gasteiger partial charge is 0.444 e. The SMILES string of the molecule is CCNC(=NCCCn1ccnc1)N1CCC(N(CC2CC2)C(=O)OC(C)(C)C)CC1. The molecule has 1 saturated heterocycles. The first kappa shape index (κ1) is 23.4. The van der Waals surface area contributed by atoms with Gasteiger partial charge in [0.25, 0.3) is 0 Å². The van der Waals surface area contributed by atoms with Gasteiger partial charge in [0, 0.05) is 57.7 Å². The van der Waals surface area contributed by atoms with Crippen molar-refractivity contribution in [3.05, 3.63) is 18.7 Å². The average Bonchev–Trinajstić information content (AvgIpc) is 3.39. The molecule has 1 aliphatic heterocycles. The Hall–Kier alpha value is -2.25. The van der Waals surface area contributed by atoms with Gasteiger partial charge < -0.3 is 24.4 Å². The molecule has 2 aliphatic rings. The third-order valence-corrected chi connectivity index (χ3v) is 5.71. The second-order valence-corrected chi connectivity index (χ2v) is 9.68. The molecule has 0 spiro atoms. The molecule has 2 fully saturated rings. The van der Waals surface area contributed by atoms with E-state index in [4.69, 9.17) is 9.73 Å². The van der Waals surface area contributed by atoms with Gasteiger partial charge in [0.1, 0.15) is 5.60 Å². The Kier molecular flexibility index (Phi) is 8.21. The standard InChI is InChI=1S/C23H40N6O2/c1-5-25-21(26-11-6-13-27-16-12-24-18-27)28-14-9-20(10-15-28)29(17-19-7-8-19)22(30)31-23(2,3)4/h12,16,18-20H,5-11,13-15,17H2,1-4H3,(H,25,26). The highest BCUT2D eigenvalue weighted by Gasteiger charge is 2.35. The van der Waals surface area contributed by atoms with E-state index in [9.17, 15) is 4.79 Å². The average molecular weight is 433 g/mol. The Labute approximate surface area is 187 Å². The lowest BCUT2D eigenvalue weighted by Crippen LogP contribution is -2.52. The maximum absolute atomic E-state index is 12.9. The second-order valence-electron chi connectivity index (χ2n) is 9.68. The summed E-state index contributed by atoms with van der Waals surface area (Å²) >= 11 is 0. The number of nitrogens with one attached hydrogen (secondary N) is 1. The lowest BCUT2D eigenvalue weighted by atomic mass is 10.0. The Morgan fingerprint density at radius 2 is 2.00 bits per heavy atom. The monoisotopic (exact) mass is 432 g/mol. The smallest absolute Gasteiger partial charge is 0.410 e. The molecule has 3 rings (SSSR count). The van der Waals surface area contributed by atoms with Gasteiger partial charge in [-0.3, -0.25) is 4.99 Å². The number of guanidine groups is 1. The van der Waals surface area contributed by atoms with Crippen molar-refractivity contribution in [1.29, 1.82) is 0 Å². The lowest BCUT2D eigenvalue weighted by molar-refractivity contribution is 0.00928. The summed E-state index contributed by atoms with van der Waals surface area (Å²) in [4.78, 5) is 26.1. The zero-order valence-corrected chi connectivity index (χ0v) is 19.7. The van der Waals surface area contributed by atoms with E-state index in [2.05, 4.69) is 26.7 Å². The van der Waals surface area contributed by atoms with Gasteiger partial charge in [-0.2, -0.15) is 0 Å². The van der Waals surface area contributed by atoms with Crippen LogP contribution in [0.4, 0.5) is 4.79 Å². The van der Waals surface area contributed by atoms with Crippen LogP contribution in [0.3, 0.4) is 0 Å². The van der Waals surface area contributed by atoms with Crippen LogP contribution in [0.15, 0.2) is 23.7 Å². The predicted molar refractivity (Wildman–Crippen MR) is 123 cm³/mol. The van der Waals surface area contributed by atoms with E-state index >= 15 is 0 Å². The fourth-order valence-electron chi connectivity index (χ4n) is 3.94. The summed E-state index contributed by atoms with van der Waals surface area (Å²) in [5.74, 6) is 1.64. The molecule has 0 radical (unpaired) electrons. The van der Waals surface area contributed by atoms with E-state index < -0.39 is 5.60 Å². The number of amides is 1. The summed E-state index contributed by atoms with van der Waals surface area (Å²) in [6, 6.07) is 0.246. The molecule has 0 unspecified atom stereocenters. The van der Waals surface area contributed by atoms with E-state index in [1.165, 1.54) is 12.8 Å². The van der Waals surface area contributed by atoms with Crippen molar-refractivity contribution in [2.75, 3.05) is 32.7 Å². The van der Waals surface area contributed by atoms with E-state index in [0.717, 1.165) is 64.5 Å². The third-order valence-electron chi connectivity index (χ3n) is 5.71. The van der Waals surface area contributed by atoms with Crippen LogP contribution in [0.5, 0.6) is 0 Å². The van der Waals surface area contributed by atoms with Crippen LogP contribution in [0.25, 0.3) is 0 Å². The molecule has 1 N–H and O–H groups in total. The molecular formula is C23H40N6O2. The molecule has 0 aromatic carbocycles. The van der Waals surface area contributed by atoms with E-state index in [1.807, 2.05) is 38.2 Å². The first-order valence-corrected chi connectivity index (χ1v) is 11.8. The van der Waals surface area contributed by atoms with Crippen molar-refractivity contribution >= 4 is 12.1 Å². The number of ether oxygens (including phenoxy) is 1. The highest BCUT2D eigenvalue weighted by Crippen LogP contribution is 2.32. The van der Waals surface area contributed by atoms with Crippen molar-refractivity contribution in [1.82, 2.24) is 24.7 Å². The summed E-state index contributed by atoms with van der Waals surface area (Å²) in [5.41, 5.74) is -0.457. The van der Waals surface area contributed by atoms with Crippen LogP contribution >= 0.6 is 0 Å². The van der Waals surface area contributed by atoms with Gasteiger partial charge in [-0.15, -0.1) is 0 Å². The van der Waals surface area contributed by atoms with Gasteiger partial charge in [-0.05, 0) is 65.7 Å². The fourth-order valence-corrected chi connectivity index (χ4v) is 3.94. The number of likely N-dealkylation sites (tertiary alicyclic amines) is 1. The van der Waals surface area contributed by atoms with Gasteiger partial charge in [-0.1, -0.05) is 0 Å². The molecule has 0 bridgehead atoms.